The van der Waals surface area contributed by atoms with Crippen LogP contribution in [0.4, 0.5) is 0 Å². The Morgan fingerprint density at radius 1 is 1.39 bits per heavy atom. The molecule has 0 fully saturated rings. The average Bonchev–Trinajstić information content (AvgIpc) is 2.35. The normalized spacial score (nSPS) is 10.5. The lowest BCUT2D eigenvalue weighted by Crippen LogP contribution is -1.99. The zero-order valence-electron chi connectivity index (χ0n) is 10.3. The second-order valence-corrected chi connectivity index (χ2v) is 3.72. The second-order valence-electron chi connectivity index (χ2n) is 3.72. The maximum Gasteiger partial charge on any atom is 0.330 e. The number of hydrogen-bond donors (Lipinski definition) is 1. The van der Waals surface area contributed by atoms with E-state index >= 15 is 0 Å². The van der Waals surface area contributed by atoms with E-state index in [0.717, 1.165) is 11.1 Å². The first kappa shape index (κ1) is 14.0. The van der Waals surface area contributed by atoms with Crippen LogP contribution in [0.1, 0.15) is 24.5 Å². The minimum Gasteiger partial charge on any atom is -0.481 e. The van der Waals surface area contributed by atoms with E-state index in [1.807, 2.05) is 24.3 Å². The number of hydrogen-bond acceptors (Lipinski definition) is 3. The van der Waals surface area contributed by atoms with E-state index in [0.29, 0.717) is 13.0 Å². The molecular weight excluding hydrogens is 232 g/mol. The van der Waals surface area contributed by atoms with Crippen molar-refractivity contribution in [2.24, 2.45) is 0 Å². The van der Waals surface area contributed by atoms with Crippen molar-refractivity contribution < 1.29 is 19.4 Å². The Kier molecular flexibility index (Phi) is 5.64. The molecule has 0 radical (unpaired) electrons. The molecule has 0 saturated heterocycles. The number of carbonyl (C=O) groups excluding carboxylic acids is 1. The maximum absolute atomic E-state index is 11.1. The standard InChI is InChI=1S/C14H16O4/c1-2-18-14(17)9-7-12-5-3-4-11(10-12)6-8-13(15)16/h3-5,7,9-10H,2,6,8H2,1H3,(H,15,16). The fourth-order valence-electron chi connectivity index (χ4n) is 1.46. The van der Waals surface area contributed by atoms with E-state index in [2.05, 4.69) is 0 Å². The topological polar surface area (TPSA) is 63.6 Å². The van der Waals surface area contributed by atoms with Gasteiger partial charge < -0.3 is 9.84 Å². The number of aryl methyl sites for hydroxylation is 1. The molecule has 1 N–H and O–H groups in total. The van der Waals surface area contributed by atoms with Crippen molar-refractivity contribution in [1.82, 2.24) is 0 Å². The van der Waals surface area contributed by atoms with E-state index in [1.54, 1.807) is 13.0 Å². The Hall–Kier alpha value is -2.10. The molecule has 0 bridgehead atoms. The predicted octanol–water partition coefficient (Wildman–Crippen LogP) is 2.28. The summed E-state index contributed by atoms with van der Waals surface area (Å²) >= 11 is 0. The lowest BCUT2D eigenvalue weighted by Gasteiger charge is -2.00. The highest BCUT2D eigenvalue weighted by atomic mass is 16.5. The van der Waals surface area contributed by atoms with Gasteiger partial charge in [0.05, 0.1) is 6.61 Å². The minimum atomic E-state index is -0.817. The van der Waals surface area contributed by atoms with E-state index in [-0.39, 0.29) is 12.4 Å². The van der Waals surface area contributed by atoms with Crippen molar-refractivity contribution in [2.75, 3.05) is 6.61 Å². The third-order valence-electron chi connectivity index (χ3n) is 2.28. The second kappa shape index (κ2) is 7.27. The molecule has 1 aromatic rings. The number of benzene rings is 1. The summed E-state index contributed by atoms with van der Waals surface area (Å²) in [5, 5.41) is 8.60. The van der Waals surface area contributed by atoms with Gasteiger partial charge in [0.15, 0.2) is 0 Å². The van der Waals surface area contributed by atoms with Gasteiger partial charge in [-0.3, -0.25) is 4.79 Å². The molecule has 4 heteroatoms. The first-order valence-electron chi connectivity index (χ1n) is 5.77. The molecule has 0 aliphatic rings. The van der Waals surface area contributed by atoms with E-state index < -0.39 is 5.97 Å². The summed E-state index contributed by atoms with van der Waals surface area (Å²) in [6.07, 6.45) is 3.60. The van der Waals surface area contributed by atoms with Gasteiger partial charge in [-0.25, -0.2) is 4.79 Å². The predicted molar refractivity (Wildman–Crippen MR) is 68.1 cm³/mol. The summed E-state index contributed by atoms with van der Waals surface area (Å²) in [6.45, 7) is 2.10. The molecular formula is C14H16O4. The Labute approximate surface area is 106 Å². The number of rotatable bonds is 6. The highest BCUT2D eigenvalue weighted by molar-refractivity contribution is 5.87. The molecule has 1 aromatic carbocycles. The van der Waals surface area contributed by atoms with Gasteiger partial charge >= 0.3 is 11.9 Å². The van der Waals surface area contributed by atoms with Crippen molar-refractivity contribution in [3.8, 4) is 0 Å². The highest BCUT2D eigenvalue weighted by Gasteiger charge is 2.00. The molecule has 0 saturated carbocycles. The van der Waals surface area contributed by atoms with Crippen LogP contribution in [-0.2, 0) is 20.7 Å². The van der Waals surface area contributed by atoms with Gasteiger partial charge in [0, 0.05) is 12.5 Å². The van der Waals surface area contributed by atoms with E-state index in [4.69, 9.17) is 9.84 Å². The summed E-state index contributed by atoms with van der Waals surface area (Å²) in [7, 11) is 0. The molecule has 0 aromatic heterocycles. The van der Waals surface area contributed by atoms with Gasteiger partial charge in [-0.15, -0.1) is 0 Å². The van der Waals surface area contributed by atoms with Gasteiger partial charge in [0.25, 0.3) is 0 Å². The van der Waals surface area contributed by atoms with Crippen molar-refractivity contribution in [3.05, 3.63) is 41.5 Å². The lowest BCUT2D eigenvalue weighted by atomic mass is 10.1. The van der Waals surface area contributed by atoms with E-state index in [9.17, 15) is 9.59 Å². The zero-order valence-corrected chi connectivity index (χ0v) is 10.3. The fraction of sp³-hybridized carbons (Fsp3) is 0.286. The van der Waals surface area contributed by atoms with Crippen LogP contribution in [0.2, 0.25) is 0 Å². The Morgan fingerprint density at radius 2 is 2.17 bits per heavy atom. The van der Waals surface area contributed by atoms with Crippen molar-refractivity contribution in [1.29, 1.82) is 0 Å². The first-order valence-corrected chi connectivity index (χ1v) is 5.77. The maximum atomic E-state index is 11.1. The van der Waals surface area contributed by atoms with Crippen LogP contribution in [-0.4, -0.2) is 23.7 Å². The molecule has 0 heterocycles. The highest BCUT2D eigenvalue weighted by Crippen LogP contribution is 2.09. The molecule has 18 heavy (non-hydrogen) atoms. The largest absolute Gasteiger partial charge is 0.481 e. The number of aliphatic carboxylic acids is 1. The number of carboxylic acid groups (broad SMARTS) is 1. The van der Waals surface area contributed by atoms with Crippen LogP contribution >= 0.6 is 0 Å². The summed E-state index contributed by atoms with van der Waals surface area (Å²) < 4.78 is 4.77. The van der Waals surface area contributed by atoms with Crippen molar-refractivity contribution in [3.63, 3.8) is 0 Å². The Morgan fingerprint density at radius 3 is 2.83 bits per heavy atom. The van der Waals surface area contributed by atoms with Gasteiger partial charge in [0.2, 0.25) is 0 Å². The molecule has 4 nitrogen and oxygen atoms in total. The first-order chi connectivity index (χ1) is 8.61. The quantitative estimate of drug-likeness (QED) is 0.619. The number of esters is 1. The van der Waals surface area contributed by atoms with Crippen LogP contribution in [0.5, 0.6) is 0 Å². The van der Waals surface area contributed by atoms with Crippen molar-refractivity contribution >= 4 is 18.0 Å². The van der Waals surface area contributed by atoms with Gasteiger partial charge in [0.1, 0.15) is 0 Å². The van der Waals surface area contributed by atoms with Crippen LogP contribution < -0.4 is 0 Å². The number of carbonyl (C=O) groups is 2. The van der Waals surface area contributed by atoms with Crippen LogP contribution in [0.25, 0.3) is 6.08 Å². The van der Waals surface area contributed by atoms with Crippen LogP contribution in [0.3, 0.4) is 0 Å². The third kappa shape index (κ3) is 5.30. The molecule has 96 valence electrons. The number of carboxylic acids is 1. The molecule has 0 aliphatic heterocycles. The summed E-state index contributed by atoms with van der Waals surface area (Å²) in [5.74, 6) is -1.20. The zero-order chi connectivity index (χ0) is 13.4. The summed E-state index contributed by atoms with van der Waals surface area (Å²) in [5.41, 5.74) is 1.79. The van der Waals surface area contributed by atoms with Gasteiger partial charge in [-0.05, 0) is 30.5 Å². The smallest absolute Gasteiger partial charge is 0.330 e. The average molecular weight is 248 g/mol. The Balaban J connectivity index is 2.64. The monoisotopic (exact) mass is 248 g/mol. The van der Waals surface area contributed by atoms with Crippen LogP contribution in [0, 0.1) is 0 Å². The summed E-state index contributed by atoms with van der Waals surface area (Å²) in [6, 6.07) is 7.41. The fourth-order valence-corrected chi connectivity index (χ4v) is 1.46. The van der Waals surface area contributed by atoms with Crippen molar-refractivity contribution in [2.45, 2.75) is 19.8 Å². The SMILES string of the molecule is CCOC(=O)C=Cc1cccc(CCC(=O)O)c1. The molecule has 0 spiro atoms. The molecule has 0 amide bonds. The Bertz CT molecular complexity index is 449. The molecule has 0 atom stereocenters. The number of ether oxygens (including phenoxy) is 1. The molecule has 0 unspecified atom stereocenters. The van der Waals surface area contributed by atoms with Crippen LogP contribution in [0.15, 0.2) is 30.3 Å². The van der Waals surface area contributed by atoms with Gasteiger partial charge in [-0.1, -0.05) is 24.3 Å². The minimum absolute atomic E-state index is 0.102. The lowest BCUT2D eigenvalue weighted by molar-refractivity contribution is -0.138. The van der Waals surface area contributed by atoms with Gasteiger partial charge in [-0.2, -0.15) is 0 Å². The molecule has 1 rings (SSSR count). The third-order valence-corrected chi connectivity index (χ3v) is 2.28. The summed E-state index contributed by atoms with van der Waals surface area (Å²) in [4.78, 5) is 21.6. The molecule has 0 aliphatic carbocycles. The van der Waals surface area contributed by atoms with E-state index in [1.165, 1.54) is 6.08 Å².